The second kappa shape index (κ2) is 4.80. The summed E-state index contributed by atoms with van der Waals surface area (Å²) >= 11 is 0. The molecule has 5 heteroatoms. The van der Waals surface area contributed by atoms with E-state index in [-0.39, 0.29) is 11.2 Å². The topological polar surface area (TPSA) is 40.6 Å². The lowest BCUT2D eigenvalue weighted by atomic mass is 9.80. The lowest BCUT2D eigenvalue weighted by molar-refractivity contribution is 0.00578. The summed E-state index contributed by atoms with van der Waals surface area (Å²) in [5.74, 6) is 0.585. The van der Waals surface area contributed by atoms with Gasteiger partial charge in [-0.2, -0.15) is 0 Å². The van der Waals surface area contributed by atoms with Crippen LogP contribution in [0.2, 0.25) is 0 Å². The fraction of sp³-hybridized carbons (Fsp3) is 0.643. The summed E-state index contributed by atoms with van der Waals surface area (Å²) in [6, 6.07) is 3.89. The van der Waals surface area contributed by atoms with Crippen LogP contribution in [-0.2, 0) is 15.7 Å². The van der Waals surface area contributed by atoms with Gasteiger partial charge in [0.25, 0.3) is 0 Å². The van der Waals surface area contributed by atoms with E-state index in [0.29, 0.717) is 5.88 Å². The number of hydrogen-bond acceptors (Lipinski definition) is 4. The van der Waals surface area contributed by atoms with Gasteiger partial charge in [0.15, 0.2) is 0 Å². The molecule has 0 spiro atoms. The number of aryl methyl sites for hydroxylation is 1. The normalized spacial score (nSPS) is 20.6. The number of ether oxygens (including phenoxy) is 1. The van der Waals surface area contributed by atoms with Crippen LogP contribution in [0.3, 0.4) is 0 Å². The van der Waals surface area contributed by atoms with Gasteiger partial charge >= 0.3 is 7.12 Å². The van der Waals surface area contributed by atoms with Crippen LogP contribution in [0.4, 0.5) is 0 Å². The summed E-state index contributed by atoms with van der Waals surface area (Å²) in [4.78, 5) is 4.50. The number of nitrogens with zero attached hydrogens (tertiary/aromatic N) is 1. The molecular weight excluding hydrogens is 241 g/mol. The molecule has 0 N–H and O–H groups in total. The van der Waals surface area contributed by atoms with Crippen molar-refractivity contribution in [3.63, 3.8) is 0 Å². The molecule has 0 amide bonds. The summed E-state index contributed by atoms with van der Waals surface area (Å²) < 4.78 is 17.3. The van der Waals surface area contributed by atoms with Crippen molar-refractivity contribution in [2.45, 2.75) is 52.2 Å². The van der Waals surface area contributed by atoms with Crippen LogP contribution < -0.4 is 10.3 Å². The lowest BCUT2D eigenvalue weighted by Gasteiger charge is -2.32. The standard InChI is InChI=1S/C14H22BNO3/c1-7-10-8-9-11(17-6)16-12(10)15-18-13(2,3)14(4,5)19-15/h8-9H,7H2,1-6H3. The van der Waals surface area contributed by atoms with E-state index in [4.69, 9.17) is 14.0 Å². The smallest absolute Gasteiger partial charge is 0.481 e. The molecule has 2 rings (SSSR count). The largest absolute Gasteiger partial charge is 0.514 e. The van der Waals surface area contributed by atoms with Crippen LogP contribution >= 0.6 is 0 Å². The van der Waals surface area contributed by atoms with Crippen molar-refractivity contribution >= 4 is 12.7 Å². The number of aromatic nitrogens is 1. The van der Waals surface area contributed by atoms with Crippen molar-refractivity contribution < 1.29 is 14.0 Å². The lowest BCUT2D eigenvalue weighted by Crippen LogP contribution is -2.41. The van der Waals surface area contributed by atoms with Crippen molar-refractivity contribution in [3.8, 4) is 5.88 Å². The molecule has 1 aromatic heterocycles. The van der Waals surface area contributed by atoms with Crippen LogP contribution in [0, 0.1) is 0 Å². The van der Waals surface area contributed by atoms with Gasteiger partial charge in [0.1, 0.15) is 0 Å². The quantitative estimate of drug-likeness (QED) is 0.781. The molecule has 0 aromatic carbocycles. The molecule has 0 radical (unpaired) electrons. The van der Waals surface area contributed by atoms with Crippen LogP contribution in [0.5, 0.6) is 5.88 Å². The first kappa shape index (κ1) is 14.3. The average molecular weight is 263 g/mol. The Morgan fingerprint density at radius 1 is 1.16 bits per heavy atom. The summed E-state index contributed by atoms with van der Waals surface area (Å²) in [6.45, 7) is 10.3. The fourth-order valence-electron chi connectivity index (χ4n) is 2.06. The highest BCUT2D eigenvalue weighted by atomic mass is 16.7. The maximum absolute atomic E-state index is 6.05. The summed E-state index contributed by atoms with van der Waals surface area (Å²) in [7, 11) is 1.18. The Balaban J connectivity index is 2.38. The van der Waals surface area contributed by atoms with Crippen molar-refractivity contribution in [2.75, 3.05) is 7.11 Å². The van der Waals surface area contributed by atoms with E-state index in [1.165, 1.54) is 0 Å². The zero-order valence-corrected chi connectivity index (χ0v) is 12.6. The highest BCUT2D eigenvalue weighted by molar-refractivity contribution is 6.61. The Morgan fingerprint density at radius 2 is 1.74 bits per heavy atom. The minimum absolute atomic E-state index is 0.354. The highest BCUT2D eigenvalue weighted by Gasteiger charge is 2.52. The van der Waals surface area contributed by atoms with E-state index >= 15 is 0 Å². The zero-order valence-electron chi connectivity index (χ0n) is 12.6. The zero-order chi connectivity index (χ0) is 14.3. The van der Waals surface area contributed by atoms with Gasteiger partial charge in [-0.25, -0.2) is 4.98 Å². The van der Waals surface area contributed by atoms with Gasteiger partial charge < -0.3 is 14.0 Å². The molecule has 1 aliphatic rings. The van der Waals surface area contributed by atoms with Crippen molar-refractivity contribution in [1.29, 1.82) is 0 Å². The van der Waals surface area contributed by atoms with Crippen molar-refractivity contribution in [3.05, 3.63) is 17.7 Å². The second-order valence-corrected chi connectivity index (χ2v) is 5.84. The van der Waals surface area contributed by atoms with E-state index in [2.05, 4.69) is 11.9 Å². The molecule has 0 atom stereocenters. The Hall–Kier alpha value is -1.07. The molecule has 4 nitrogen and oxygen atoms in total. The number of hydrogen-bond donors (Lipinski definition) is 0. The van der Waals surface area contributed by atoms with Crippen LogP contribution in [0.1, 0.15) is 40.2 Å². The maximum atomic E-state index is 6.05. The van der Waals surface area contributed by atoms with E-state index in [1.54, 1.807) is 7.11 Å². The second-order valence-electron chi connectivity index (χ2n) is 5.84. The number of methoxy groups -OCH3 is 1. The number of pyridine rings is 1. The fourth-order valence-corrected chi connectivity index (χ4v) is 2.06. The monoisotopic (exact) mass is 263 g/mol. The van der Waals surface area contributed by atoms with Gasteiger partial charge in [0.05, 0.1) is 23.9 Å². The first-order valence-corrected chi connectivity index (χ1v) is 6.70. The SMILES string of the molecule is CCc1ccc(OC)nc1B1OC(C)(C)C(C)(C)O1. The number of rotatable bonds is 3. The molecule has 1 fully saturated rings. The first-order valence-electron chi connectivity index (χ1n) is 6.70. The van der Waals surface area contributed by atoms with E-state index < -0.39 is 7.12 Å². The van der Waals surface area contributed by atoms with Crippen LogP contribution in [0.25, 0.3) is 0 Å². The Bertz CT molecular complexity index is 458. The van der Waals surface area contributed by atoms with Crippen molar-refractivity contribution in [2.24, 2.45) is 0 Å². The van der Waals surface area contributed by atoms with Crippen molar-refractivity contribution in [1.82, 2.24) is 4.98 Å². The Morgan fingerprint density at radius 3 is 2.21 bits per heavy atom. The summed E-state index contributed by atoms with van der Waals surface area (Å²) in [5, 5.41) is 0. The third-order valence-electron chi connectivity index (χ3n) is 4.05. The molecule has 0 saturated carbocycles. The summed E-state index contributed by atoms with van der Waals surface area (Å²) in [5.41, 5.74) is 1.24. The predicted octanol–water partition coefficient (Wildman–Crippen LogP) is 1.95. The minimum atomic E-state index is -0.435. The molecule has 0 bridgehead atoms. The van der Waals surface area contributed by atoms with E-state index in [9.17, 15) is 0 Å². The van der Waals surface area contributed by atoms with Crippen LogP contribution in [-0.4, -0.2) is 30.4 Å². The molecule has 1 aliphatic heterocycles. The van der Waals surface area contributed by atoms with E-state index in [0.717, 1.165) is 17.6 Å². The molecular formula is C14H22BNO3. The summed E-state index contributed by atoms with van der Waals surface area (Å²) in [6.07, 6.45) is 0.885. The van der Waals surface area contributed by atoms with E-state index in [1.807, 2.05) is 39.8 Å². The van der Waals surface area contributed by atoms with Crippen LogP contribution in [0.15, 0.2) is 12.1 Å². The Kier molecular flexibility index (Phi) is 3.62. The Labute approximate surface area is 115 Å². The van der Waals surface area contributed by atoms with Gasteiger partial charge in [-0.1, -0.05) is 13.0 Å². The van der Waals surface area contributed by atoms with Gasteiger partial charge in [-0.15, -0.1) is 0 Å². The van der Waals surface area contributed by atoms with Gasteiger partial charge in [-0.3, -0.25) is 0 Å². The molecule has 0 unspecified atom stereocenters. The highest BCUT2D eigenvalue weighted by Crippen LogP contribution is 2.36. The maximum Gasteiger partial charge on any atom is 0.514 e. The van der Waals surface area contributed by atoms with Gasteiger partial charge in [0.2, 0.25) is 5.88 Å². The molecule has 104 valence electrons. The van der Waals surface area contributed by atoms with Gasteiger partial charge in [0, 0.05) is 6.07 Å². The third kappa shape index (κ3) is 2.49. The minimum Gasteiger partial charge on any atom is -0.481 e. The third-order valence-corrected chi connectivity index (χ3v) is 4.05. The predicted molar refractivity (Wildman–Crippen MR) is 75.9 cm³/mol. The molecule has 0 aliphatic carbocycles. The molecule has 2 heterocycles. The first-order chi connectivity index (χ1) is 8.80. The molecule has 19 heavy (non-hydrogen) atoms. The molecule has 1 aromatic rings. The average Bonchev–Trinajstić information content (AvgIpc) is 2.57. The molecule has 1 saturated heterocycles. The van der Waals surface area contributed by atoms with Gasteiger partial charge in [-0.05, 0) is 39.7 Å².